The first-order chi connectivity index (χ1) is 11.4. The molecule has 0 bridgehead atoms. The Bertz CT molecular complexity index is 832. The lowest BCUT2D eigenvalue weighted by molar-refractivity contribution is -0.124. The van der Waals surface area contributed by atoms with Gasteiger partial charge in [-0.3, -0.25) is 9.79 Å². The minimum absolute atomic E-state index is 0.0463. The van der Waals surface area contributed by atoms with Crippen LogP contribution in [0.15, 0.2) is 45.8 Å². The summed E-state index contributed by atoms with van der Waals surface area (Å²) < 4.78 is 5.87. The highest BCUT2D eigenvalue weighted by Gasteiger charge is 2.44. The van der Waals surface area contributed by atoms with Gasteiger partial charge in [-0.25, -0.2) is 0 Å². The second-order valence-corrected chi connectivity index (χ2v) is 7.65. The minimum atomic E-state index is -0.268. The number of hydrogen-bond acceptors (Lipinski definition) is 4. The summed E-state index contributed by atoms with van der Waals surface area (Å²) in [7, 11) is 0. The van der Waals surface area contributed by atoms with Crippen LogP contribution in [-0.4, -0.2) is 11.5 Å². The Hall–Kier alpha value is -2.36. The molecule has 4 nitrogen and oxygen atoms in total. The molecule has 2 aliphatic rings. The van der Waals surface area contributed by atoms with Gasteiger partial charge in [-0.2, -0.15) is 0 Å². The Morgan fingerprint density at radius 2 is 1.96 bits per heavy atom. The lowest BCUT2D eigenvalue weighted by Crippen LogP contribution is -2.42. The Morgan fingerprint density at radius 1 is 1.17 bits per heavy atom. The van der Waals surface area contributed by atoms with Gasteiger partial charge in [-0.05, 0) is 43.0 Å². The number of furan rings is 1. The predicted octanol–water partition coefficient (Wildman–Crippen LogP) is 4.83. The van der Waals surface area contributed by atoms with Gasteiger partial charge in [0.15, 0.2) is 0 Å². The van der Waals surface area contributed by atoms with E-state index in [1.807, 2.05) is 43.3 Å². The number of ketones is 1. The average molecular weight is 322 g/mol. The zero-order valence-corrected chi connectivity index (χ0v) is 14.3. The first-order valence-electron chi connectivity index (χ1n) is 8.45. The number of fused-ring (bicyclic) bond motifs is 2. The van der Waals surface area contributed by atoms with E-state index in [1.54, 1.807) is 0 Å². The predicted molar refractivity (Wildman–Crippen MR) is 94.9 cm³/mol. The van der Waals surface area contributed by atoms with Crippen LogP contribution in [-0.2, 0) is 4.79 Å². The number of rotatable bonds is 1. The second kappa shape index (κ2) is 5.33. The van der Waals surface area contributed by atoms with Gasteiger partial charge in [0.2, 0.25) is 0 Å². The topological polar surface area (TPSA) is 54.6 Å². The molecule has 4 rings (SSSR count). The highest BCUT2D eigenvalue weighted by Crippen LogP contribution is 2.45. The van der Waals surface area contributed by atoms with E-state index in [1.165, 1.54) is 0 Å². The van der Waals surface area contributed by atoms with Gasteiger partial charge in [0.1, 0.15) is 17.3 Å². The molecule has 1 aromatic carbocycles. The molecule has 1 aliphatic carbocycles. The van der Waals surface area contributed by atoms with Crippen LogP contribution < -0.4 is 5.32 Å². The molecule has 0 unspecified atom stereocenters. The Balaban J connectivity index is 1.86. The molecule has 1 fully saturated rings. The van der Waals surface area contributed by atoms with Crippen molar-refractivity contribution < 1.29 is 9.21 Å². The number of benzene rings is 1. The van der Waals surface area contributed by atoms with Gasteiger partial charge in [-0.1, -0.05) is 26.0 Å². The molecule has 1 N–H and O–H groups in total. The highest BCUT2D eigenvalue weighted by molar-refractivity contribution is 6.10. The zero-order chi connectivity index (χ0) is 16.9. The van der Waals surface area contributed by atoms with Gasteiger partial charge in [0.05, 0.1) is 23.3 Å². The van der Waals surface area contributed by atoms with E-state index in [4.69, 9.17) is 9.41 Å². The summed E-state index contributed by atoms with van der Waals surface area (Å²) in [6, 6.07) is 11.7. The van der Waals surface area contributed by atoms with Crippen LogP contribution in [0.5, 0.6) is 0 Å². The van der Waals surface area contributed by atoms with E-state index in [2.05, 4.69) is 19.2 Å². The van der Waals surface area contributed by atoms with Crippen LogP contribution in [0.1, 0.15) is 44.3 Å². The second-order valence-electron chi connectivity index (χ2n) is 7.65. The molecule has 2 heterocycles. The molecule has 0 amide bonds. The van der Waals surface area contributed by atoms with Crippen molar-refractivity contribution in [3.8, 4) is 0 Å². The Morgan fingerprint density at radius 3 is 2.71 bits per heavy atom. The van der Waals surface area contributed by atoms with Crippen molar-refractivity contribution in [2.45, 2.75) is 39.7 Å². The summed E-state index contributed by atoms with van der Waals surface area (Å²) in [5, 5.41) is 3.52. The van der Waals surface area contributed by atoms with E-state index in [9.17, 15) is 4.79 Å². The molecule has 0 radical (unpaired) electrons. The number of Topliss-reactive ketones (excluding diaryl/α,β-unsaturated/α-hetero) is 1. The third kappa shape index (κ3) is 2.56. The molecule has 0 spiro atoms. The fraction of sp³-hybridized carbons (Fsp3) is 0.400. The van der Waals surface area contributed by atoms with E-state index >= 15 is 0 Å². The third-order valence-electron chi connectivity index (χ3n) is 4.90. The van der Waals surface area contributed by atoms with Crippen molar-refractivity contribution in [2.75, 3.05) is 5.32 Å². The number of nitrogens with zero attached hydrogens (tertiary/aromatic N) is 1. The standard InChI is InChI=1S/C20H22N2O2/c1-12-8-9-17(24-12)19-18-15(10-20(2,3)11-16(18)23)21-13-6-4-5-7-14(13)22-19/h4-9,18-19,22H,10-11H2,1-3H3/t18-,19+/m1/s1. The quantitative estimate of drug-likeness (QED) is 0.818. The third-order valence-corrected chi connectivity index (χ3v) is 4.90. The molecular weight excluding hydrogens is 300 g/mol. The van der Waals surface area contributed by atoms with Gasteiger partial charge < -0.3 is 9.73 Å². The number of anilines is 1. The number of aryl methyl sites for hydroxylation is 1. The van der Waals surface area contributed by atoms with Crippen LogP contribution >= 0.6 is 0 Å². The fourth-order valence-electron chi connectivity index (χ4n) is 3.87. The molecule has 2 atom stereocenters. The number of aliphatic imine (C=N–C) groups is 1. The Labute approximate surface area is 142 Å². The highest BCUT2D eigenvalue weighted by atomic mass is 16.3. The van der Waals surface area contributed by atoms with Crippen molar-refractivity contribution in [3.05, 3.63) is 47.9 Å². The summed E-state index contributed by atoms with van der Waals surface area (Å²) in [6.07, 6.45) is 1.40. The van der Waals surface area contributed by atoms with E-state index in [0.717, 1.165) is 35.0 Å². The van der Waals surface area contributed by atoms with Crippen LogP contribution in [0.3, 0.4) is 0 Å². The SMILES string of the molecule is Cc1ccc([C@@H]2Nc3ccccc3N=C3CC(C)(C)CC(=O)[C@@H]32)o1. The normalized spacial score (nSPS) is 25.1. The van der Waals surface area contributed by atoms with Gasteiger partial charge in [0.25, 0.3) is 0 Å². The molecular formula is C20H22N2O2. The van der Waals surface area contributed by atoms with Crippen molar-refractivity contribution in [2.24, 2.45) is 16.3 Å². The molecule has 124 valence electrons. The van der Waals surface area contributed by atoms with Gasteiger partial charge in [0, 0.05) is 12.1 Å². The van der Waals surface area contributed by atoms with E-state index < -0.39 is 0 Å². The lowest BCUT2D eigenvalue weighted by atomic mass is 9.68. The summed E-state index contributed by atoms with van der Waals surface area (Å²) in [6.45, 7) is 6.20. The number of carbonyl (C=O) groups is 1. The molecule has 2 aromatic rings. The molecule has 1 aromatic heterocycles. The van der Waals surface area contributed by atoms with Crippen molar-refractivity contribution in [1.29, 1.82) is 0 Å². The lowest BCUT2D eigenvalue weighted by Gasteiger charge is -2.36. The van der Waals surface area contributed by atoms with Crippen LogP contribution in [0.2, 0.25) is 0 Å². The van der Waals surface area contributed by atoms with Crippen LogP contribution in [0, 0.1) is 18.3 Å². The molecule has 4 heteroatoms. The number of hydrogen-bond donors (Lipinski definition) is 1. The van der Waals surface area contributed by atoms with Gasteiger partial charge in [-0.15, -0.1) is 0 Å². The number of para-hydroxylation sites is 2. The first-order valence-corrected chi connectivity index (χ1v) is 8.45. The van der Waals surface area contributed by atoms with Crippen molar-refractivity contribution >= 4 is 22.9 Å². The van der Waals surface area contributed by atoms with E-state index in [0.29, 0.717) is 6.42 Å². The molecule has 1 saturated carbocycles. The molecule has 1 aliphatic heterocycles. The van der Waals surface area contributed by atoms with Crippen LogP contribution in [0.4, 0.5) is 11.4 Å². The zero-order valence-electron chi connectivity index (χ0n) is 14.3. The largest absolute Gasteiger partial charge is 0.464 e. The Kier molecular flexibility index (Phi) is 3.37. The summed E-state index contributed by atoms with van der Waals surface area (Å²) >= 11 is 0. The number of carbonyl (C=O) groups excluding carboxylic acids is 1. The maximum Gasteiger partial charge on any atom is 0.144 e. The minimum Gasteiger partial charge on any atom is -0.464 e. The molecule has 24 heavy (non-hydrogen) atoms. The fourth-order valence-corrected chi connectivity index (χ4v) is 3.87. The summed E-state index contributed by atoms with van der Waals surface area (Å²) in [4.78, 5) is 17.9. The maximum absolute atomic E-state index is 13.0. The summed E-state index contributed by atoms with van der Waals surface area (Å²) in [5.74, 6) is 1.63. The smallest absolute Gasteiger partial charge is 0.144 e. The molecule has 0 saturated heterocycles. The average Bonchev–Trinajstić information content (AvgIpc) is 2.85. The summed E-state index contributed by atoms with van der Waals surface area (Å²) in [5.41, 5.74) is 2.76. The first kappa shape index (κ1) is 15.2. The van der Waals surface area contributed by atoms with Gasteiger partial charge >= 0.3 is 0 Å². The van der Waals surface area contributed by atoms with Crippen molar-refractivity contribution in [3.63, 3.8) is 0 Å². The van der Waals surface area contributed by atoms with Crippen LogP contribution in [0.25, 0.3) is 0 Å². The maximum atomic E-state index is 13.0. The van der Waals surface area contributed by atoms with E-state index in [-0.39, 0.29) is 23.2 Å². The number of nitrogens with one attached hydrogen (secondary N) is 1. The van der Waals surface area contributed by atoms with Crippen molar-refractivity contribution in [1.82, 2.24) is 0 Å². The monoisotopic (exact) mass is 322 g/mol.